The predicted molar refractivity (Wildman–Crippen MR) is 240 cm³/mol. The fraction of sp³-hybridized carbons (Fsp3) is 0.957. The van der Waals surface area contributed by atoms with E-state index in [9.17, 15) is 19.8 Å². The van der Waals surface area contributed by atoms with Crippen LogP contribution in [0, 0.1) is 11.8 Å². The van der Waals surface area contributed by atoms with Gasteiger partial charge >= 0.3 is 121 Å². The fourth-order valence-electron chi connectivity index (χ4n) is 6.51. The van der Waals surface area contributed by atoms with Gasteiger partial charge in [-0.25, -0.2) is 0 Å². The van der Waals surface area contributed by atoms with Crippen LogP contribution in [0.15, 0.2) is 0 Å². The van der Waals surface area contributed by atoms with Crippen LogP contribution in [0.5, 0.6) is 0 Å². The van der Waals surface area contributed by atoms with Crippen molar-refractivity contribution in [2.45, 2.75) is 255 Å². The molecule has 0 aromatic rings. The van der Waals surface area contributed by atoms with Crippen LogP contribution in [0.25, 0.3) is 0 Å². The van der Waals surface area contributed by atoms with E-state index in [2.05, 4.69) is 53.0 Å². The van der Waals surface area contributed by atoms with Gasteiger partial charge in [0.15, 0.2) is 0 Å². The van der Waals surface area contributed by atoms with Crippen LogP contribution in [-0.2, 0) is 9.59 Å². The van der Waals surface area contributed by atoms with Gasteiger partial charge < -0.3 is 19.8 Å². The van der Waals surface area contributed by atoms with Gasteiger partial charge in [-0.3, -0.25) is 0 Å². The van der Waals surface area contributed by atoms with Crippen LogP contribution in [0.2, 0.25) is 8.87 Å². The number of unbranched alkanes of at least 4 members (excludes halogenated alkanes) is 28. The zero-order chi connectivity index (χ0) is 39.9. The molecule has 0 N–H and O–H groups in total. The SMILES string of the molecule is CCCCCCCCCCCCC(CS)C(=O)[O-].CCCCCCCCCCCCC(CS)C(=O)[O-].CCCCCCC[CH2][Sn+2][CH2]CCCCCCC. The summed E-state index contributed by atoms with van der Waals surface area (Å²) in [5.74, 6) is -1.80. The molecule has 0 aromatic carbocycles. The quantitative estimate of drug-likeness (QED) is 0.0365. The Labute approximate surface area is 354 Å². The van der Waals surface area contributed by atoms with Crippen LogP contribution < -0.4 is 10.2 Å². The van der Waals surface area contributed by atoms with Crippen molar-refractivity contribution in [1.29, 1.82) is 0 Å². The molecule has 4 nitrogen and oxygen atoms in total. The first-order valence-electron chi connectivity index (χ1n) is 23.2. The summed E-state index contributed by atoms with van der Waals surface area (Å²) in [6.07, 6.45) is 44.9. The number of hydrogen-bond donors (Lipinski definition) is 2. The van der Waals surface area contributed by atoms with Gasteiger partial charge in [0.1, 0.15) is 0 Å². The second-order valence-electron chi connectivity index (χ2n) is 15.6. The van der Waals surface area contributed by atoms with Gasteiger partial charge in [-0.1, -0.05) is 142 Å². The average molecular weight is 892 g/mol. The summed E-state index contributed by atoms with van der Waals surface area (Å²) >= 11 is 8.14. The molecule has 7 heteroatoms. The standard InChI is InChI=1S/2C15H30O2S.2C8H17.Sn/c2*1-2-3-4-5-6-7-8-9-10-11-12-14(13-18)15(16)17;2*1-3-5-7-8-6-4-2;/h2*14,18H,2-13H2,1H3,(H,16,17);2*1,3-8H2,2H3;/q;;;;+2/p-2. The van der Waals surface area contributed by atoms with Gasteiger partial charge in [-0.2, -0.15) is 25.3 Å². The normalized spacial score (nSPS) is 11.9. The Morgan fingerprint density at radius 3 is 0.792 bits per heavy atom. The van der Waals surface area contributed by atoms with Gasteiger partial charge in [0.2, 0.25) is 0 Å². The molecule has 0 aliphatic rings. The third-order valence-corrected chi connectivity index (χ3v) is 15.3. The number of aliphatic carboxylic acids is 2. The van der Waals surface area contributed by atoms with E-state index in [-0.39, 0.29) is 33.0 Å². The summed E-state index contributed by atoms with van der Waals surface area (Å²) in [7, 11) is 0. The molecule has 0 bridgehead atoms. The zero-order valence-electron chi connectivity index (χ0n) is 36.1. The number of thiol groups is 2. The molecule has 2 atom stereocenters. The number of carboxylic acids is 2. The molecule has 0 aliphatic heterocycles. The number of hydrogen-bond acceptors (Lipinski definition) is 6. The predicted octanol–water partition coefficient (Wildman–Crippen LogP) is 13.4. The summed E-state index contributed by atoms with van der Waals surface area (Å²) in [5.41, 5.74) is 0. The van der Waals surface area contributed by atoms with E-state index in [4.69, 9.17) is 0 Å². The van der Waals surface area contributed by atoms with Gasteiger partial charge in [0, 0.05) is 23.8 Å². The van der Waals surface area contributed by atoms with Crippen LogP contribution in [0.1, 0.15) is 246 Å². The zero-order valence-corrected chi connectivity index (χ0v) is 40.7. The van der Waals surface area contributed by atoms with Gasteiger partial charge in [-0.05, 0) is 24.3 Å². The summed E-state index contributed by atoms with van der Waals surface area (Å²) in [6, 6.07) is 0. The third kappa shape index (κ3) is 52.4. The van der Waals surface area contributed by atoms with Crippen molar-refractivity contribution in [2.24, 2.45) is 11.8 Å². The molecule has 53 heavy (non-hydrogen) atoms. The molecule has 2 unspecified atom stereocenters. The summed E-state index contributed by atoms with van der Waals surface area (Å²) in [6.45, 7) is 9.08. The minimum atomic E-state index is -0.944. The van der Waals surface area contributed by atoms with E-state index < -0.39 is 11.9 Å². The summed E-state index contributed by atoms with van der Waals surface area (Å²) in [4.78, 5) is 21.3. The summed E-state index contributed by atoms with van der Waals surface area (Å²) in [5, 5.41) is 21.3. The van der Waals surface area contributed by atoms with Gasteiger partial charge in [0.25, 0.3) is 0 Å². The Hall–Kier alpha value is 0.439. The molecule has 0 saturated carbocycles. The molecule has 0 aromatic heterocycles. The Kier molecular flexibility index (Phi) is 57.1. The van der Waals surface area contributed by atoms with Crippen molar-refractivity contribution >= 4 is 58.3 Å². The topological polar surface area (TPSA) is 80.3 Å². The Morgan fingerprint density at radius 2 is 0.585 bits per heavy atom. The van der Waals surface area contributed by atoms with Crippen LogP contribution in [0.4, 0.5) is 0 Å². The second kappa shape index (κ2) is 52.4. The van der Waals surface area contributed by atoms with E-state index in [1.165, 1.54) is 167 Å². The van der Waals surface area contributed by atoms with Gasteiger partial charge in [-0.15, -0.1) is 0 Å². The molecule has 0 spiro atoms. The number of rotatable bonds is 40. The average Bonchev–Trinajstić information content (AvgIpc) is 3.15. The van der Waals surface area contributed by atoms with Crippen LogP contribution >= 0.6 is 25.3 Å². The number of carbonyl (C=O) groups excluding carboxylic acids is 2. The van der Waals surface area contributed by atoms with E-state index in [1.54, 1.807) is 21.7 Å². The number of carbonyl (C=O) groups is 2. The minimum absolute atomic E-state index is 0.0736. The molecule has 0 saturated heterocycles. The molecule has 0 radical (unpaired) electrons. The van der Waals surface area contributed by atoms with Crippen molar-refractivity contribution in [3.63, 3.8) is 0 Å². The first-order chi connectivity index (χ1) is 25.9. The molecular formula is C46H92O4S2Sn. The Bertz CT molecular complexity index is 640. The maximum atomic E-state index is 10.7. The van der Waals surface area contributed by atoms with Crippen molar-refractivity contribution in [1.82, 2.24) is 0 Å². The van der Waals surface area contributed by atoms with Crippen LogP contribution in [0.3, 0.4) is 0 Å². The Morgan fingerprint density at radius 1 is 0.377 bits per heavy atom. The van der Waals surface area contributed by atoms with E-state index in [0.29, 0.717) is 11.5 Å². The van der Waals surface area contributed by atoms with Crippen molar-refractivity contribution in [3.05, 3.63) is 0 Å². The van der Waals surface area contributed by atoms with Crippen molar-refractivity contribution in [3.8, 4) is 0 Å². The Balaban J connectivity index is -0.000000708. The van der Waals surface area contributed by atoms with E-state index in [0.717, 1.165) is 38.5 Å². The first-order valence-corrected chi connectivity index (χ1v) is 28.5. The molecule has 0 heterocycles. The number of carboxylic acid groups (broad SMARTS) is 2. The van der Waals surface area contributed by atoms with E-state index >= 15 is 0 Å². The van der Waals surface area contributed by atoms with Crippen molar-refractivity contribution < 1.29 is 19.8 Å². The summed E-state index contributed by atoms with van der Waals surface area (Å²) < 4.78 is 3.31. The molecule has 0 aliphatic carbocycles. The van der Waals surface area contributed by atoms with Gasteiger partial charge in [0.05, 0.1) is 0 Å². The maximum absolute atomic E-state index is 10.7. The monoisotopic (exact) mass is 893 g/mol. The third-order valence-electron chi connectivity index (χ3n) is 10.3. The van der Waals surface area contributed by atoms with Crippen LogP contribution in [-0.4, -0.2) is 44.6 Å². The molecule has 0 fully saturated rings. The molecule has 0 rings (SSSR count). The fourth-order valence-corrected chi connectivity index (χ4v) is 10.7. The van der Waals surface area contributed by atoms with E-state index in [1.807, 2.05) is 0 Å². The van der Waals surface area contributed by atoms with Crippen molar-refractivity contribution in [2.75, 3.05) is 11.5 Å². The molecule has 0 amide bonds. The second-order valence-corrected chi connectivity index (χ2v) is 20.6. The molecule has 316 valence electrons. The first kappa shape index (κ1) is 57.8. The molecular weight excluding hydrogens is 799 g/mol.